The number of fused-ring (bicyclic) bond motifs is 2. The normalized spacial score (nSPS) is 17.2. The molecule has 2 aliphatic rings. The summed E-state index contributed by atoms with van der Waals surface area (Å²) in [7, 11) is -2.48. The maximum Gasteiger partial charge on any atom is 0.268 e. The second-order valence-corrected chi connectivity index (χ2v) is 10.3. The third-order valence-electron chi connectivity index (χ3n) is 6.50. The molecule has 170 valence electrons. The first-order valence-electron chi connectivity index (χ1n) is 11.2. The molecule has 0 aromatic heterocycles. The number of amides is 1. The van der Waals surface area contributed by atoms with Gasteiger partial charge in [0, 0.05) is 12.1 Å². The summed E-state index contributed by atoms with van der Waals surface area (Å²) < 4.78 is 34.3. The maximum absolute atomic E-state index is 13.7. The summed E-state index contributed by atoms with van der Waals surface area (Å²) in [6.07, 6.45) is 3.32. The number of para-hydroxylation sites is 1. The summed E-state index contributed by atoms with van der Waals surface area (Å²) in [5.41, 5.74) is 4.34. The van der Waals surface area contributed by atoms with Gasteiger partial charge in [0.05, 0.1) is 18.8 Å². The highest BCUT2D eigenvalue weighted by atomic mass is 32.2. The standard InChI is InChI=1S/C26H26N2O4S/c1-32-24-15-13-20(26(29)27-22-14-12-18-7-2-4-10-21(18)22)17-25(24)33(30,31)28-16-6-9-19-8-3-5-11-23(19)28/h2-5,7-8,10-11,13,15,17,22H,6,9,12,14,16H2,1H3,(H,27,29). The van der Waals surface area contributed by atoms with Gasteiger partial charge in [-0.15, -0.1) is 0 Å². The van der Waals surface area contributed by atoms with Crippen LogP contribution in [0, 0.1) is 0 Å². The summed E-state index contributed by atoms with van der Waals surface area (Å²) in [5.74, 6) is -0.0735. The lowest BCUT2D eigenvalue weighted by atomic mass is 10.0. The van der Waals surface area contributed by atoms with Gasteiger partial charge in [-0.2, -0.15) is 0 Å². The Morgan fingerprint density at radius 3 is 2.58 bits per heavy atom. The molecule has 0 fully saturated rings. The molecule has 1 aliphatic carbocycles. The van der Waals surface area contributed by atoms with E-state index in [9.17, 15) is 13.2 Å². The molecule has 0 saturated heterocycles. The number of nitrogens with one attached hydrogen (secondary N) is 1. The van der Waals surface area contributed by atoms with E-state index in [0.29, 0.717) is 17.8 Å². The Bertz CT molecular complexity index is 1320. The number of benzene rings is 3. The number of hydrogen-bond donors (Lipinski definition) is 1. The van der Waals surface area contributed by atoms with Gasteiger partial charge in [0.1, 0.15) is 10.6 Å². The van der Waals surface area contributed by atoms with Crippen molar-refractivity contribution in [3.63, 3.8) is 0 Å². The van der Waals surface area contributed by atoms with Crippen LogP contribution in [0.3, 0.4) is 0 Å². The van der Waals surface area contributed by atoms with Crippen molar-refractivity contribution in [2.24, 2.45) is 0 Å². The molecular formula is C26H26N2O4S. The number of carbonyl (C=O) groups is 1. The highest BCUT2D eigenvalue weighted by Crippen LogP contribution is 2.36. The summed E-state index contributed by atoms with van der Waals surface area (Å²) in [6, 6.07) is 20.1. The number of ether oxygens (including phenoxy) is 1. The first-order chi connectivity index (χ1) is 16.0. The topological polar surface area (TPSA) is 75.7 Å². The van der Waals surface area contributed by atoms with Crippen LogP contribution in [0.5, 0.6) is 5.75 Å². The fraction of sp³-hybridized carbons (Fsp3) is 0.269. The van der Waals surface area contributed by atoms with E-state index in [4.69, 9.17) is 4.74 Å². The van der Waals surface area contributed by atoms with E-state index in [1.807, 2.05) is 42.5 Å². The molecule has 3 aromatic rings. The number of nitrogens with zero attached hydrogens (tertiary/aromatic N) is 1. The van der Waals surface area contributed by atoms with Gasteiger partial charge >= 0.3 is 0 Å². The van der Waals surface area contributed by atoms with Gasteiger partial charge in [-0.05, 0) is 66.6 Å². The lowest BCUT2D eigenvalue weighted by Gasteiger charge is -2.31. The van der Waals surface area contributed by atoms with Crippen molar-refractivity contribution in [1.82, 2.24) is 5.32 Å². The lowest BCUT2D eigenvalue weighted by Crippen LogP contribution is -2.36. The van der Waals surface area contributed by atoms with E-state index < -0.39 is 10.0 Å². The van der Waals surface area contributed by atoms with Crippen molar-refractivity contribution < 1.29 is 17.9 Å². The molecule has 5 rings (SSSR count). The molecule has 0 saturated carbocycles. The number of anilines is 1. The van der Waals surface area contributed by atoms with Crippen LogP contribution in [0.4, 0.5) is 5.69 Å². The fourth-order valence-corrected chi connectivity index (χ4v) is 6.56. The minimum Gasteiger partial charge on any atom is -0.495 e. The van der Waals surface area contributed by atoms with Crippen LogP contribution in [-0.4, -0.2) is 28.0 Å². The quantitative estimate of drug-likeness (QED) is 0.615. The van der Waals surface area contributed by atoms with Crippen LogP contribution in [0.2, 0.25) is 0 Å². The molecule has 6 nitrogen and oxygen atoms in total. The SMILES string of the molecule is COc1ccc(C(=O)NC2CCc3ccccc32)cc1S(=O)(=O)N1CCCc2ccccc21. The van der Waals surface area contributed by atoms with E-state index in [2.05, 4.69) is 11.4 Å². The van der Waals surface area contributed by atoms with Gasteiger partial charge in [-0.25, -0.2) is 8.42 Å². The third kappa shape index (κ3) is 3.86. The zero-order valence-corrected chi connectivity index (χ0v) is 19.3. The molecule has 1 atom stereocenters. The third-order valence-corrected chi connectivity index (χ3v) is 8.33. The van der Waals surface area contributed by atoms with Gasteiger partial charge < -0.3 is 10.1 Å². The summed E-state index contributed by atoms with van der Waals surface area (Å²) in [5, 5.41) is 3.07. The van der Waals surface area contributed by atoms with Crippen LogP contribution >= 0.6 is 0 Å². The molecule has 1 unspecified atom stereocenters. The Balaban J connectivity index is 1.47. The number of hydrogen-bond acceptors (Lipinski definition) is 4. The Hall–Kier alpha value is -3.32. The molecule has 1 N–H and O–H groups in total. The Kier molecular flexibility index (Phi) is 5.58. The number of carbonyl (C=O) groups excluding carboxylic acids is 1. The van der Waals surface area contributed by atoms with Crippen molar-refractivity contribution in [2.75, 3.05) is 18.0 Å². The predicted molar refractivity (Wildman–Crippen MR) is 127 cm³/mol. The molecule has 3 aromatic carbocycles. The molecule has 0 radical (unpaired) electrons. The minimum atomic E-state index is -3.92. The fourth-order valence-electron chi connectivity index (χ4n) is 4.84. The molecular weight excluding hydrogens is 436 g/mol. The maximum atomic E-state index is 13.7. The van der Waals surface area contributed by atoms with Crippen LogP contribution in [0.1, 0.15) is 45.9 Å². The van der Waals surface area contributed by atoms with Crippen molar-refractivity contribution in [3.05, 3.63) is 89.0 Å². The van der Waals surface area contributed by atoms with Crippen LogP contribution < -0.4 is 14.4 Å². The Morgan fingerprint density at radius 1 is 1.00 bits per heavy atom. The molecule has 1 aliphatic heterocycles. The number of sulfonamides is 1. The lowest BCUT2D eigenvalue weighted by molar-refractivity contribution is 0.0936. The van der Waals surface area contributed by atoms with Crippen LogP contribution in [-0.2, 0) is 22.9 Å². The van der Waals surface area contributed by atoms with Gasteiger partial charge in [0.15, 0.2) is 0 Å². The summed E-state index contributed by atoms with van der Waals surface area (Å²) in [6.45, 7) is 0.387. The van der Waals surface area contributed by atoms with Crippen LogP contribution in [0.15, 0.2) is 71.6 Å². The number of methoxy groups -OCH3 is 1. The van der Waals surface area contributed by atoms with E-state index in [0.717, 1.165) is 36.8 Å². The Labute approximate surface area is 194 Å². The van der Waals surface area contributed by atoms with Crippen molar-refractivity contribution in [2.45, 2.75) is 36.6 Å². The molecule has 7 heteroatoms. The Morgan fingerprint density at radius 2 is 1.76 bits per heavy atom. The van der Waals surface area contributed by atoms with E-state index in [1.54, 1.807) is 12.1 Å². The zero-order valence-electron chi connectivity index (χ0n) is 18.5. The van der Waals surface area contributed by atoms with E-state index >= 15 is 0 Å². The zero-order chi connectivity index (χ0) is 23.0. The smallest absolute Gasteiger partial charge is 0.268 e. The molecule has 1 amide bonds. The van der Waals surface area contributed by atoms with Gasteiger partial charge in [-0.3, -0.25) is 9.10 Å². The average molecular weight is 463 g/mol. The number of rotatable bonds is 5. The second kappa shape index (κ2) is 8.56. The van der Waals surface area contributed by atoms with Gasteiger partial charge in [0.2, 0.25) is 0 Å². The van der Waals surface area contributed by atoms with Crippen molar-refractivity contribution in [1.29, 1.82) is 0 Å². The molecule has 33 heavy (non-hydrogen) atoms. The highest BCUT2D eigenvalue weighted by molar-refractivity contribution is 7.93. The summed E-state index contributed by atoms with van der Waals surface area (Å²) >= 11 is 0. The largest absolute Gasteiger partial charge is 0.495 e. The van der Waals surface area contributed by atoms with Gasteiger partial charge in [0.25, 0.3) is 15.9 Å². The first-order valence-corrected chi connectivity index (χ1v) is 12.6. The number of aryl methyl sites for hydroxylation is 2. The van der Waals surface area contributed by atoms with Crippen molar-refractivity contribution in [3.8, 4) is 5.75 Å². The minimum absolute atomic E-state index is 0.00109. The van der Waals surface area contributed by atoms with Gasteiger partial charge in [-0.1, -0.05) is 42.5 Å². The summed E-state index contributed by atoms with van der Waals surface area (Å²) in [4.78, 5) is 13.1. The molecule has 0 spiro atoms. The predicted octanol–water partition coefficient (Wildman–Crippen LogP) is 4.25. The molecule has 0 bridgehead atoms. The highest BCUT2D eigenvalue weighted by Gasteiger charge is 2.32. The molecule has 1 heterocycles. The van der Waals surface area contributed by atoms with Crippen molar-refractivity contribution >= 4 is 21.6 Å². The van der Waals surface area contributed by atoms with E-state index in [1.165, 1.54) is 23.0 Å². The van der Waals surface area contributed by atoms with E-state index in [-0.39, 0.29) is 22.6 Å². The first kappa shape index (κ1) is 21.5. The van der Waals surface area contributed by atoms with Crippen LogP contribution in [0.25, 0.3) is 0 Å². The average Bonchev–Trinajstić information content (AvgIpc) is 3.26. The second-order valence-electron chi connectivity index (χ2n) is 8.44. The monoisotopic (exact) mass is 462 g/mol.